The Labute approximate surface area is 126 Å². The average molecular weight is 290 g/mol. The summed E-state index contributed by atoms with van der Waals surface area (Å²) in [6, 6.07) is 9.75. The van der Waals surface area contributed by atoms with Crippen LogP contribution in [-0.4, -0.2) is 24.3 Å². The van der Waals surface area contributed by atoms with Gasteiger partial charge in [0.2, 0.25) is 0 Å². The Hall–Kier alpha value is -1.55. The molecule has 1 aliphatic rings. The maximum atomic E-state index is 12.1. The highest BCUT2D eigenvalue weighted by Gasteiger charge is 2.32. The minimum absolute atomic E-state index is 0.0486. The molecular weight excluding hydrogens is 264 g/mol. The van der Waals surface area contributed by atoms with Crippen molar-refractivity contribution in [2.24, 2.45) is 5.41 Å². The number of hydrogen-bond donors (Lipinski definition) is 3. The zero-order chi connectivity index (χ0) is 15.1. The van der Waals surface area contributed by atoms with Crippen LogP contribution in [0.1, 0.15) is 50.6 Å². The van der Waals surface area contributed by atoms with Gasteiger partial charge in [0.05, 0.1) is 6.04 Å². The lowest BCUT2D eigenvalue weighted by Crippen LogP contribution is -2.45. The van der Waals surface area contributed by atoms with Gasteiger partial charge in [-0.3, -0.25) is 0 Å². The summed E-state index contributed by atoms with van der Waals surface area (Å²) in [6.45, 7) is 3.10. The van der Waals surface area contributed by atoms with Gasteiger partial charge in [-0.05, 0) is 36.7 Å². The van der Waals surface area contributed by atoms with Crippen LogP contribution in [-0.2, 0) is 0 Å². The van der Waals surface area contributed by atoms with E-state index in [9.17, 15) is 4.79 Å². The molecule has 1 saturated carbocycles. The SMILES string of the molecule is CC1(CNC(=O)NC(CCCO)c2ccccc2)CCC1. The largest absolute Gasteiger partial charge is 0.396 e. The Kier molecular flexibility index (Phi) is 5.62. The molecule has 1 fully saturated rings. The summed E-state index contributed by atoms with van der Waals surface area (Å²) < 4.78 is 0. The van der Waals surface area contributed by atoms with Crippen molar-refractivity contribution in [2.45, 2.75) is 45.1 Å². The molecule has 21 heavy (non-hydrogen) atoms. The number of rotatable bonds is 7. The summed E-state index contributed by atoms with van der Waals surface area (Å²) in [5.74, 6) is 0. The van der Waals surface area contributed by atoms with E-state index in [0.717, 1.165) is 18.5 Å². The Morgan fingerprint density at radius 2 is 2.05 bits per heavy atom. The van der Waals surface area contributed by atoms with Gasteiger partial charge in [0, 0.05) is 13.2 Å². The molecule has 0 aliphatic heterocycles. The van der Waals surface area contributed by atoms with Crippen LogP contribution in [0.3, 0.4) is 0 Å². The highest BCUT2D eigenvalue weighted by Crippen LogP contribution is 2.39. The molecule has 0 aromatic heterocycles. The van der Waals surface area contributed by atoms with E-state index in [2.05, 4.69) is 17.6 Å². The van der Waals surface area contributed by atoms with Crippen molar-refractivity contribution in [1.29, 1.82) is 0 Å². The molecule has 0 heterocycles. The molecule has 0 saturated heterocycles. The topological polar surface area (TPSA) is 61.4 Å². The highest BCUT2D eigenvalue weighted by molar-refractivity contribution is 5.74. The monoisotopic (exact) mass is 290 g/mol. The summed E-state index contributed by atoms with van der Waals surface area (Å²) in [5.41, 5.74) is 1.36. The molecule has 2 amide bonds. The van der Waals surface area contributed by atoms with Gasteiger partial charge in [-0.2, -0.15) is 0 Å². The number of amides is 2. The molecule has 1 atom stereocenters. The van der Waals surface area contributed by atoms with Gasteiger partial charge in [-0.1, -0.05) is 43.7 Å². The third-order valence-corrected chi connectivity index (χ3v) is 4.39. The Balaban J connectivity index is 1.87. The fourth-order valence-corrected chi connectivity index (χ4v) is 2.76. The van der Waals surface area contributed by atoms with Crippen LogP contribution in [0.4, 0.5) is 4.79 Å². The normalized spacial score (nSPS) is 17.6. The fourth-order valence-electron chi connectivity index (χ4n) is 2.76. The number of carbonyl (C=O) groups is 1. The van der Waals surface area contributed by atoms with Crippen LogP contribution in [0, 0.1) is 5.41 Å². The second-order valence-corrected chi connectivity index (χ2v) is 6.32. The van der Waals surface area contributed by atoms with Gasteiger partial charge < -0.3 is 15.7 Å². The molecule has 4 heteroatoms. The van der Waals surface area contributed by atoms with Crippen molar-refractivity contribution >= 4 is 6.03 Å². The summed E-state index contributed by atoms with van der Waals surface area (Å²) >= 11 is 0. The van der Waals surface area contributed by atoms with Crippen molar-refractivity contribution in [1.82, 2.24) is 10.6 Å². The quantitative estimate of drug-likeness (QED) is 0.723. The number of urea groups is 1. The van der Waals surface area contributed by atoms with E-state index < -0.39 is 0 Å². The second-order valence-electron chi connectivity index (χ2n) is 6.32. The molecule has 4 nitrogen and oxygen atoms in total. The van der Waals surface area contributed by atoms with Gasteiger partial charge in [0.1, 0.15) is 0 Å². The second kappa shape index (κ2) is 7.46. The van der Waals surface area contributed by atoms with Crippen LogP contribution < -0.4 is 10.6 Å². The molecule has 1 aromatic rings. The van der Waals surface area contributed by atoms with E-state index >= 15 is 0 Å². The average Bonchev–Trinajstić information content (AvgIpc) is 2.48. The number of aliphatic hydroxyl groups excluding tert-OH is 1. The molecule has 3 N–H and O–H groups in total. The minimum atomic E-state index is -0.116. The van der Waals surface area contributed by atoms with Crippen LogP contribution in [0.5, 0.6) is 0 Å². The smallest absolute Gasteiger partial charge is 0.315 e. The molecule has 0 bridgehead atoms. The van der Waals surface area contributed by atoms with E-state index in [1.807, 2.05) is 30.3 Å². The molecule has 116 valence electrons. The van der Waals surface area contributed by atoms with Crippen LogP contribution in [0.25, 0.3) is 0 Å². The van der Waals surface area contributed by atoms with Crippen molar-refractivity contribution in [3.8, 4) is 0 Å². The van der Waals surface area contributed by atoms with E-state index in [1.165, 1.54) is 19.3 Å². The molecule has 0 radical (unpaired) electrons. The third-order valence-electron chi connectivity index (χ3n) is 4.39. The number of aliphatic hydroxyl groups is 1. The van der Waals surface area contributed by atoms with Crippen LogP contribution >= 0.6 is 0 Å². The Morgan fingerprint density at radius 3 is 2.62 bits per heavy atom. The predicted molar refractivity (Wildman–Crippen MR) is 84.0 cm³/mol. The van der Waals surface area contributed by atoms with Gasteiger partial charge in [-0.25, -0.2) is 4.79 Å². The summed E-state index contributed by atoms with van der Waals surface area (Å²) in [6.07, 6.45) is 5.07. The number of benzene rings is 1. The van der Waals surface area contributed by atoms with Gasteiger partial charge >= 0.3 is 6.03 Å². The number of nitrogens with one attached hydrogen (secondary N) is 2. The zero-order valence-electron chi connectivity index (χ0n) is 12.8. The zero-order valence-corrected chi connectivity index (χ0v) is 12.8. The molecule has 1 aromatic carbocycles. The first kappa shape index (κ1) is 15.8. The fraction of sp³-hybridized carbons (Fsp3) is 0.588. The molecular formula is C17H26N2O2. The van der Waals surface area contributed by atoms with E-state index in [0.29, 0.717) is 6.42 Å². The number of hydrogen-bond acceptors (Lipinski definition) is 2. The summed E-state index contributed by atoms with van der Waals surface area (Å²) in [4.78, 5) is 12.1. The first-order valence-corrected chi connectivity index (χ1v) is 7.83. The summed E-state index contributed by atoms with van der Waals surface area (Å²) in [5, 5.41) is 15.0. The molecule has 0 spiro atoms. The number of carbonyl (C=O) groups excluding carboxylic acids is 1. The lowest BCUT2D eigenvalue weighted by atomic mass is 9.70. The molecule has 1 aliphatic carbocycles. The first-order valence-electron chi connectivity index (χ1n) is 7.83. The summed E-state index contributed by atoms with van der Waals surface area (Å²) in [7, 11) is 0. The Morgan fingerprint density at radius 1 is 1.33 bits per heavy atom. The lowest BCUT2D eigenvalue weighted by Gasteiger charge is -2.38. The standard InChI is InChI=1S/C17H26N2O2/c1-17(10-6-11-17)13-18-16(21)19-15(9-5-12-20)14-7-3-2-4-8-14/h2-4,7-8,15,20H,5-6,9-13H2,1H3,(H2,18,19,21). The van der Waals surface area contributed by atoms with Crippen molar-refractivity contribution in [3.63, 3.8) is 0 Å². The van der Waals surface area contributed by atoms with Crippen molar-refractivity contribution < 1.29 is 9.90 Å². The van der Waals surface area contributed by atoms with Gasteiger partial charge in [-0.15, -0.1) is 0 Å². The lowest BCUT2D eigenvalue weighted by molar-refractivity contribution is 0.156. The molecule has 1 unspecified atom stereocenters. The van der Waals surface area contributed by atoms with E-state index in [1.54, 1.807) is 0 Å². The predicted octanol–water partition coefficient (Wildman–Crippen LogP) is 2.99. The van der Waals surface area contributed by atoms with Gasteiger partial charge in [0.25, 0.3) is 0 Å². The van der Waals surface area contributed by atoms with Crippen LogP contribution in [0.15, 0.2) is 30.3 Å². The third kappa shape index (κ3) is 4.74. The van der Waals surface area contributed by atoms with E-state index in [4.69, 9.17) is 5.11 Å². The van der Waals surface area contributed by atoms with E-state index in [-0.39, 0.29) is 24.1 Å². The first-order chi connectivity index (χ1) is 10.1. The Bertz CT molecular complexity index is 443. The highest BCUT2D eigenvalue weighted by atomic mass is 16.3. The van der Waals surface area contributed by atoms with Crippen molar-refractivity contribution in [2.75, 3.05) is 13.2 Å². The molecule has 2 rings (SSSR count). The maximum Gasteiger partial charge on any atom is 0.315 e. The maximum absolute atomic E-state index is 12.1. The van der Waals surface area contributed by atoms with Crippen molar-refractivity contribution in [3.05, 3.63) is 35.9 Å². The van der Waals surface area contributed by atoms with Crippen LogP contribution in [0.2, 0.25) is 0 Å². The van der Waals surface area contributed by atoms with Gasteiger partial charge in [0.15, 0.2) is 0 Å². The minimum Gasteiger partial charge on any atom is -0.396 e.